The smallest absolute Gasteiger partial charge is 0.261 e. The van der Waals surface area contributed by atoms with Gasteiger partial charge in [0.2, 0.25) is 0 Å². The Labute approximate surface area is 272 Å². The van der Waals surface area contributed by atoms with Crippen LogP contribution in [0.25, 0.3) is 0 Å². The molecule has 45 heavy (non-hydrogen) atoms. The van der Waals surface area contributed by atoms with Crippen LogP contribution in [0.3, 0.4) is 0 Å². The number of amides is 2. The summed E-state index contributed by atoms with van der Waals surface area (Å²) in [5.41, 5.74) is 2.71. The Hall–Kier alpha value is -4.46. The van der Waals surface area contributed by atoms with Gasteiger partial charge in [0.05, 0.1) is 54.6 Å². The molecule has 0 saturated heterocycles. The average molecular weight is 659 g/mol. The molecule has 1 aliphatic rings. The third-order valence-electron chi connectivity index (χ3n) is 7.22. The van der Waals surface area contributed by atoms with Crippen molar-refractivity contribution in [1.29, 1.82) is 0 Å². The fourth-order valence-corrected chi connectivity index (χ4v) is 7.25. The number of para-hydroxylation sites is 1. The number of nitrogens with zero attached hydrogens (tertiary/aromatic N) is 5. The lowest BCUT2D eigenvalue weighted by Gasteiger charge is -2.24. The lowest BCUT2D eigenvalue weighted by molar-refractivity contribution is -0.130. The Morgan fingerprint density at radius 3 is 2.51 bits per heavy atom. The number of thiophene rings is 2. The zero-order chi connectivity index (χ0) is 31.2. The van der Waals surface area contributed by atoms with Gasteiger partial charge in [-0.15, -0.1) is 32.9 Å². The van der Waals surface area contributed by atoms with Crippen LogP contribution in [0, 0.1) is 0 Å². The van der Waals surface area contributed by atoms with Crippen molar-refractivity contribution in [2.45, 2.75) is 30.7 Å². The van der Waals surface area contributed by atoms with E-state index < -0.39 is 0 Å². The van der Waals surface area contributed by atoms with E-state index in [0.29, 0.717) is 40.3 Å². The van der Waals surface area contributed by atoms with E-state index >= 15 is 0 Å². The fourth-order valence-electron chi connectivity index (χ4n) is 5.08. The van der Waals surface area contributed by atoms with Crippen LogP contribution in [0.4, 0.5) is 0 Å². The van der Waals surface area contributed by atoms with Crippen LogP contribution >= 0.6 is 34.4 Å². The van der Waals surface area contributed by atoms with Gasteiger partial charge in [0.15, 0.2) is 22.5 Å². The van der Waals surface area contributed by atoms with Crippen LogP contribution < -0.4 is 14.8 Å². The molecule has 13 heteroatoms. The molecular formula is C32H30N6O4S3. The average Bonchev–Trinajstić information content (AvgIpc) is 3.90. The maximum atomic E-state index is 13.9. The predicted molar refractivity (Wildman–Crippen MR) is 176 cm³/mol. The summed E-state index contributed by atoms with van der Waals surface area (Å²) in [6.45, 7) is 0.686. The summed E-state index contributed by atoms with van der Waals surface area (Å²) < 4.78 is 13.2. The number of thioether (sulfide) groups is 1. The van der Waals surface area contributed by atoms with Crippen molar-refractivity contribution in [2.75, 3.05) is 20.0 Å². The van der Waals surface area contributed by atoms with Gasteiger partial charge >= 0.3 is 0 Å². The van der Waals surface area contributed by atoms with E-state index in [9.17, 15) is 9.59 Å². The molecule has 1 aliphatic heterocycles. The summed E-state index contributed by atoms with van der Waals surface area (Å²) in [6.07, 6.45) is 0.540. The molecule has 2 aromatic carbocycles. The highest BCUT2D eigenvalue weighted by Gasteiger charge is 2.36. The number of rotatable bonds is 12. The number of aromatic nitrogens is 3. The molecule has 0 unspecified atom stereocenters. The van der Waals surface area contributed by atoms with Crippen molar-refractivity contribution in [2.24, 2.45) is 5.10 Å². The normalized spacial score (nSPS) is 14.3. The van der Waals surface area contributed by atoms with E-state index in [-0.39, 0.29) is 30.2 Å². The largest absolute Gasteiger partial charge is 0.493 e. The van der Waals surface area contributed by atoms with Crippen molar-refractivity contribution in [3.63, 3.8) is 0 Å². The van der Waals surface area contributed by atoms with Crippen molar-refractivity contribution in [3.8, 4) is 11.5 Å². The summed E-state index contributed by atoms with van der Waals surface area (Å²) in [7, 11) is 3.19. The molecule has 10 nitrogen and oxygen atoms in total. The minimum atomic E-state index is -0.370. The van der Waals surface area contributed by atoms with Gasteiger partial charge in [-0.1, -0.05) is 66.4 Å². The molecule has 5 aromatic rings. The standard InChI is InChI=1S/C32H30N6O4S3/c1-41-25-12-6-11-22(30(25)42-2)24-17-23(26-13-7-15-43-26)36-38(24)29(39)20-45-32-35-34-28(18-33-31(40)27-14-8-16-44-27)37(32)19-21-9-4-3-5-10-21/h3-16,24H,17-20H2,1-2H3,(H,33,40)/t24-/m1/s1. The van der Waals surface area contributed by atoms with Crippen LogP contribution in [0.1, 0.15) is 44.0 Å². The van der Waals surface area contributed by atoms with Gasteiger partial charge < -0.3 is 19.4 Å². The molecule has 0 bridgehead atoms. The molecule has 0 fully saturated rings. The van der Waals surface area contributed by atoms with Crippen LogP contribution in [0.5, 0.6) is 11.5 Å². The van der Waals surface area contributed by atoms with Crippen molar-refractivity contribution in [1.82, 2.24) is 25.1 Å². The highest BCUT2D eigenvalue weighted by molar-refractivity contribution is 7.99. The second-order valence-corrected chi connectivity index (χ2v) is 12.8. The zero-order valence-electron chi connectivity index (χ0n) is 24.6. The molecule has 0 aliphatic carbocycles. The summed E-state index contributed by atoms with van der Waals surface area (Å²) in [4.78, 5) is 28.2. The van der Waals surface area contributed by atoms with Gasteiger partial charge in [0.1, 0.15) is 0 Å². The number of ether oxygens (including phenoxy) is 2. The number of hydrogen-bond donors (Lipinski definition) is 1. The quantitative estimate of drug-likeness (QED) is 0.167. The summed E-state index contributed by atoms with van der Waals surface area (Å²) in [5, 5.41) is 22.6. The molecule has 230 valence electrons. The first-order valence-electron chi connectivity index (χ1n) is 14.1. The van der Waals surface area contributed by atoms with Crippen LogP contribution in [-0.2, 0) is 17.9 Å². The molecule has 0 saturated carbocycles. The Morgan fingerprint density at radius 1 is 0.956 bits per heavy atom. The van der Waals surface area contributed by atoms with Gasteiger partial charge in [-0.25, -0.2) is 5.01 Å². The monoisotopic (exact) mass is 658 g/mol. The van der Waals surface area contributed by atoms with E-state index in [0.717, 1.165) is 21.7 Å². The van der Waals surface area contributed by atoms with Crippen LogP contribution in [0.15, 0.2) is 93.8 Å². The highest BCUT2D eigenvalue weighted by atomic mass is 32.2. The van der Waals surface area contributed by atoms with Gasteiger partial charge in [0.25, 0.3) is 11.8 Å². The first kappa shape index (κ1) is 30.6. The lowest BCUT2D eigenvalue weighted by atomic mass is 9.99. The number of hydrazone groups is 1. The maximum absolute atomic E-state index is 13.9. The number of carbonyl (C=O) groups is 2. The van der Waals surface area contributed by atoms with Gasteiger partial charge in [-0.2, -0.15) is 5.10 Å². The summed E-state index contributed by atoms with van der Waals surface area (Å²) >= 11 is 4.26. The third kappa shape index (κ3) is 6.80. The van der Waals surface area contributed by atoms with Crippen molar-refractivity contribution >= 4 is 52.0 Å². The van der Waals surface area contributed by atoms with Crippen LogP contribution in [0.2, 0.25) is 0 Å². The van der Waals surface area contributed by atoms with Crippen molar-refractivity contribution < 1.29 is 19.1 Å². The second-order valence-electron chi connectivity index (χ2n) is 9.98. The molecule has 0 spiro atoms. The van der Waals surface area contributed by atoms with Gasteiger partial charge in [-0.3, -0.25) is 9.59 Å². The summed E-state index contributed by atoms with van der Waals surface area (Å²) in [5.74, 6) is 1.50. The molecule has 1 atom stereocenters. The van der Waals surface area contributed by atoms with E-state index in [1.54, 1.807) is 36.6 Å². The van der Waals surface area contributed by atoms with E-state index in [4.69, 9.17) is 14.6 Å². The highest BCUT2D eigenvalue weighted by Crippen LogP contribution is 2.42. The lowest BCUT2D eigenvalue weighted by Crippen LogP contribution is -2.29. The zero-order valence-corrected chi connectivity index (χ0v) is 27.0. The predicted octanol–water partition coefficient (Wildman–Crippen LogP) is 5.87. The first-order valence-corrected chi connectivity index (χ1v) is 16.8. The molecule has 1 N–H and O–H groups in total. The Kier molecular flexibility index (Phi) is 9.58. The second kappa shape index (κ2) is 14.1. The van der Waals surface area contributed by atoms with Gasteiger partial charge in [-0.05, 0) is 34.5 Å². The first-order chi connectivity index (χ1) is 22.1. The number of benzene rings is 2. The van der Waals surface area contributed by atoms with Gasteiger partial charge in [0, 0.05) is 12.0 Å². The number of carbonyl (C=O) groups excluding carboxylic acids is 2. The number of hydrogen-bond acceptors (Lipinski definition) is 10. The van der Waals surface area contributed by atoms with E-state index in [1.807, 2.05) is 82.1 Å². The maximum Gasteiger partial charge on any atom is 0.261 e. The molecular weight excluding hydrogens is 629 g/mol. The Bertz CT molecular complexity index is 1790. The Morgan fingerprint density at radius 2 is 1.78 bits per heavy atom. The third-order valence-corrected chi connectivity index (χ3v) is 9.96. The Balaban J connectivity index is 1.24. The molecule has 3 aromatic heterocycles. The minimum absolute atomic E-state index is 0.0818. The number of nitrogens with one attached hydrogen (secondary N) is 1. The molecule has 0 radical (unpaired) electrons. The topological polar surface area (TPSA) is 111 Å². The summed E-state index contributed by atoms with van der Waals surface area (Å²) in [6, 6.07) is 22.8. The fraction of sp³-hybridized carbons (Fsp3) is 0.219. The number of methoxy groups -OCH3 is 2. The molecule has 6 rings (SSSR count). The van der Waals surface area contributed by atoms with E-state index in [2.05, 4.69) is 15.5 Å². The van der Waals surface area contributed by atoms with E-state index in [1.165, 1.54) is 23.1 Å². The minimum Gasteiger partial charge on any atom is -0.493 e. The van der Waals surface area contributed by atoms with Crippen LogP contribution in [-0.4, -0.2) is 57.3 Å². The molecule has 2 amide bonds. The molecule has 4 heterocycles. The SMILES string of the molecule is COc1cccc([C@H]2CC(c3cccs3)=NN2C(=O)CSc2nnc(CNC(=O)c3cccs3)n2Cc2ccccc2)c1OC. The van der Waals surface area contributed by atoms with Crippen molar-refractivity contribution in [3.05, 3.63) is 110 Å².